The normalized spacial score (nSPS) is 10.2. The third kappa shape index (κ3) is 4.16. The number of furan rings is 1. The molecular formula is C14H11BrN2O6. The molecule has 0 unspecified atom stereocenters. The summed E-state index contributed by atoms with van der Waals surface area (Å²) in [5.41, 5.74) is 0.354. The Labute approximate surface area is 138 Å². The SMILES string of the molecule is Cc1cccc([N+](=O)[O-])c1NC(=O)COC(=O)c1ccc(Br)o1. The molecule has 0 bridgehead atoms. The van der Waals surface area contributed by atoms with Crippen LogP contribution in [0.3, 0.4) is 0 Å². The summed E-state index contributed by atoms with van der Waals surface area (Å²) in [5.74, 6) is -1.57. The van der Waals surface area contributed by atoms with Crippen LogP contribution in [-0.4, -0.2) is 23.4 Å². The molecule has 0 saturated heterocycles. The maximum Gasteiger partial charge on any atom is 0.374 e. The van der Waals surface area contributed by atoms with Gasteiger partial charge >= 0.3 is 5.97 Å². The van der Waals surface area contributed by atoms with E-state index in [-0.39, 0.29) is 17.1 Å². The Morgan fingerprint density at radius 1 is 1.35 bits per heavy atom. The highest BCUT2D eigenvalue weighted by Crippen LogP contribution is 2.27. The summed E-state index contributed by atoms with van der Waals surface area (Å²) in [4.78, 5) is 33.8. The van der Waals surface area contributed by atoms with Gasteiger partial charge in [-0.1, -0.05) is 12.1 Å². The Bertz CT molecular complexity index is 770. The molecule has 0 radical (unpaired) electrons. The summed E-state index contributed by atoms with van der Waals surface area (Å²) in [6.45, 7) is 1.03. The van der Waals surface area contributed by atoms with Crippen molar-refractivity contribution >= 4 is 39.2 Å². The number of rotatable bonds is 5. The lowest BCUT2D eigenvalue weighted by atomic mass is 10.1. The van der Waals surface area contributed by atoms with Crippen molar-refractivity contribution in [3.63, 3.8) is 0 Å². The first-order chi connectivity index (χ1) is 10.9. The molecule has 0 aliphatic heterocycles. The van der Waals surface area contributed by atoms with Gasteiger partial charge in [-0.3, -0.25) is 14.9 Å². The minimum atomic E-state index is -0.815. The lowest BCUT2D eigenvalue weighted by Crippen LogP contribution is -2.21. The Morgan fingerprint density at radius 2 is 2.09 bits per heavy atom. The molecule has 0 fully saturated rings. The quantitative estimate of drug-likeness (QED) is 0.483. The Kier molecular flexibility index (Phi) is 5.12. The van der Waals surface area contributed by atoms with Crippen LogP contribution in [0.4, 0.5) is 11.4 Å². The zero-order valence-corrected chi connectivity index (χ0v) is 13.5. The van der Waals surface area contributed by atoms with Crippen molar-refractivity contribution in [2.24, 2.45) is 0 Å². The number of hydrogen-bond donors (Lipinski definition) is 1. The molecule has 1 N–H and O–H groups in total. The number of nitro benzene ring substituents is 1. The monoisotopic (exact) mass is 382 g/mol. The molecule has 0 atom stereocenters. The summed E-state index contributed by atoms with van der Waals surface area (Å²) in [6.07, 6.45) is 0. The average Bonchev–Trinajstić information content (AvgIpc) is 2.93. The molecule has 0 saturated carbocycles. The fourth-order valence-corrected chi connectivity index (χ4v) is 2.08. The van der Waals surface area contributed by atoms with Crippen LogP contribution >= 0.6 is 15.9 Å². The van der Waals surface area contributed by atoms with Gasteiger partial charge in [-0.15, -0.1) is 0 Å². The predicted octanol–water partition coefficient (Wildman–Crippen LogP) is 3.05. The number of esters is 1. The number of carbonyl (C=O) groups is 2. The molecule has 1 aromatic carbocycles. The topological polar surface area (TPSA) is 112 Å². The van der Waals surface area contributed by atoms with E-state index in [2.05, 4.69) is 21.2 Å². The van der Waals surface area contributed by atoms with Gasteiger partial charge in [0.15, 0.2) is 11.3 Å². The second-order valence-corrected chi connectivity index (χ2v) is 5.24. The van der Waals surface area contributed by atoms with E-state index in [9.17, 15) is 19.7 Å². The van der Waals surface area contributed by atoms with Crippen molar-refractivity contribution < 1.29 is 23.7 Å². The lowest BCUT2D eigenvalue weighted by Gasteiger charge is -2.08. The van der Waals surface area contributed by atoms with Crippen molar-refractivity contribution in [3.8, 4) is 0 Å². The van der Waals surface area contributed by atoms with E-state index in [1.807, 2.05) is 0 Å². The second kappa shape index (κ2) is 7.05. The van der Waals surface area contributed by atoms with E-state index >= 15 is 0 Å². The van der Waals surface area contributed by atoms with Crippen molar-refractivity contribution in [2.75, 3.05) is 11.9 Å². The molecule has 0 aliphatic rings. The number of para-hydroxylation sites is 1. The van der Waals surface area contributed by atoms with E-state index in [1.54, 1.807) is 13.0 Å². The Balaban J connectivity index is 2.00. The number of nitro groups is 1. The van der Waals surface area contributed by atoms with Crippen LogP contribution < -0.4 is 5.32 Å². The van der Waals surface area contributed by atoms with Gasteiger partial charge < -0.3 is 14.5 Å². The summed E-state index contributed by atoms with van der Waals surface area (Å²) >= 11 is 3.04. The van der Waals surface area contributed by atoms with Crippen LogP contribution in [0.2, 0.25) is 0 Å². The summed E-state index contributed by atoms with van der Waals surface area (Å²) in [7, 11) is 0. The first kappa shape index (κ1) is 16.7. The van der Waals surface area contributed by atoms with Crippen LogP contribution in [0.5, 0.6) is 0 Å². The molecular weight excluding hydrogens is 372 g/mol. The lowest BCUT2D eigenvalue weighted by molar-refractivity contribution is -0.384. The molecule has 1 heterocycles. The van der Waals surface area contributed by atoms with Crippen LogP contribution in [-0.2, 0) is 9.53 Å². The summed E-state index contributed by atoms with van der Waals surface area (Å²) in [6, 6.07) is 7.30. The standard InChI is InChI=1S/C14H11BrN2O6/c1-8-3-2-4-9(17(20)21)13(8)16-12(18)7-22-14(19)10-5-6-11(15)23-10/h2-6H,7H2,1H3,(H,16,18). The number of nitrogens with one attached hydrogen (secondary N) is 1. The first-order valence-electron chi connectivity index (χ1n) is 6.35. The molecule has 9 heteroatoms. The van der Waals surface area contributed by atoms with Crippen molar-refractivity contribution in [2.45, 2.75) is 6.92 Å². The molecule has 8 nitrogen and oxygen atoms in total. The summed E-state index contributed by atoms with van der Waals surface area (Å²) in [5, 5.41) is 13.3. The number of nitrogens with zero attached hydrogens (tertiary/aromatic N) is 1. The molecule has 23 heavy (non-hydrogen) atoms. The smallest absolute Gasteiger partial charge is 0.374 e. The van der Waals surface area contributed by atoms with Gasteiger partial charge in [-0.2, -0.15) is 0 Å². The Hall–Kier alpha value is -2.68. The van der Waals surface area contributed by atoms with Gasteiger partial charge in [0.05, 0.1) is 4.92 Å². The Morgan fingerprint density at radius 3 is 2.70 bits per heavy atom. The molecule has 1 aromatic heterocycles. The zero-order valence-electron chi connectivity index (χ0n) is 11.9. The average molecular weight is 383 g/mol. The van der Waals surface area contributed by atoms with Crippen molar-refractivity contribution in [1.29, 1.82) is 0 Å². The molecule has 120 valence electrons. The highest BCUT2D eigenvalue weighted by molar-refractivity contribution is 9.10. The number of halogens is 1. The highest BCUT2D eigenvalue weighted by Gasteiger charge is 2.19. The number of ether oxygens (including phenoxy) is 1. The van der Waals surface area contributed by atoms with E-state index in [0.29, 0.717) is 10.2 Å². The van der Waals surface area contributed by atoms with Gasteiger partial charge in [0, 0.05) is 6.07 Å². The van der Waals surface area contributed by atoms with E-state index in [1.165, 1.54) is 24.3 Å². The maximum atomic E-state index is 11.8. The van der Waals surface area contributed by atoms with Crippen molar-refractivity contribution in [3.05, 3.63) is 56.4 Å². The molecule has 0 aliphatic carbocycles. The molecule has 0 spiro atoms. The fraction of sp³-hybridized carbons (Fsp3) is 0.143. The molecule has 2 aromatic rings. The van der Waals surface area contributed by atoms with Gasteiger partial charge in [-0.25, -0.2) is 4.79 Å². The van der Waals surface area contributed by atoms with E-state index < -0.39 is 23.4 Å². The predicted molar refractivity (Wildman–Crippen MR) is 83.2 cm³/mol. The third-order valence-electron chi connectivity index (χ3n) is 2.82. The van der Waals surface area contributed by atoms with E-state index in [0.717, 1.165) is 0 Å². The highest BCUT2D eigenvalue weighted by atomic mass is 79.9. The van der Waals surface area contributed by atoms with E-state index in [4.69, 9.17) is 9.15 Å². The van der Waals surface area contributed by atoms with Gasteiger partial charge in [-0.05, 0) is 40.5 Å². The third-order valence-corrected chi connectivity index (χ3v) is 3.25. The minimum Gasteiger partial charge on any atom is -0.450 e. The molecule has 1 amide bonds. The maximum absolute atomic E-state index is 11.8. The van der Waals surface area contributed by atoms with Crippen LogP contribution in [0.1, 0.15) is 16.1 Å². The number of anilines is 1. The number of carbonyl (C=O) groups excluding carboxylic acids is 2. The fourth-order valence-electron chi connectivity index (χ4n) is 1.77. The second-order valence-electron chi connectivity index (χ2n) is 4.45. The van der Waals surface area contributed by atoms with Crippen LogP contribution in [0, 0.1) is 17.0 Å². The van der Waals surface area contributed by atoms with Crippen molar-refractivity contribution in [1.82, 2.24) is 0 Å². The number of amides is 1. The molecule has 2 rings (SSSR count). The van der Waals surface area contributed by atoms with Gasteiger partial charge in [0.2, 0.25) is 5.76 Å². The number of aryl methyl sites for hydroxylation is 1. The van der Waals surface area contributed by atoms with Crippen LogP contribution in [0.25, 0.3) is 0 Å². The summed E-state index contributed by atoms with van der Waals surface area (Å²) < 4.78 is 10.1. The largest absolute Gasteiger partial charge is 0.450 e. The minimum absolute atomic E-state index is 0.0634. The number of hydrogen-bond acceptors (Lipinski definition) is 6. The van der Waals surface area contributed by atoms with Crippen LogP contribution in [0.15, 0.2) is 39.4 Å². The van der Waals surface area contributed by atoms with Gasteiger partial charge in [0.25, 0.3) is 11.6 Å². The zero-order chi connectivity index (χ0) is 17.0. The van der Waals surface area contributed by atoms with Gasteiger partial charge in [0.1, 0.15) is 5.69 Å². The first-order valence-corrected chi connectivity index (χ1v) is 7.14. The number of benzene rings is 1.